The van der Waals surface area contributed by atoms with Crippen LogP contribution in [0.1, 0.15) is 54.3 Å². The number of carbonyl (C=O) groups is 1. The van der Waals surface area contributed by atoms with Crippen molar-refractivity contribution in [1.29, 1.82) is 0 Å². The van der Waals surface area contributed by atoms with Crippen molar-refractivity contribution in [3.05, 3.63) is 102 Å². The maximum Gasteiger partial charge on any atom is 0.251 e. The smallest absolute Gasteiger partial charge is 0.251 e. The van der Waals surface area contributed by atoms with E-state index in [4.69, 9.17) is 15.5 Å². The molecule has 3 aromatic carbocycles. The van der Waals surface area contributed by atoms with Gasteiger partial charge in [0.1, 0.15) is 17.9 Å². The summed E-state index contributed by atoms with van der Waals surface area (Å²) in [5.74, 6) is 1.44. The Morgan fingerprint density at radius 2 is 1.76 bits per heavy atom. The SMILES string of the molecule is COc1cccc([C@H](C)NC(=O)c2ccc(Sc3ccc(N)cc3)c(Nc3ncnc4nc(C(C)C)ccc34)c2)c1. The lowest BCUT2D eigenvalue weighted by Crippen LogP contribution is -2.26. The number of nitrogens with zero attached hydrogens (tertiary/aromatic N) is 3. The Kier molecular flexibility index (Phi) is 8.35. The first-order valence-electron chi connectivity index (χ1n) is 13.3. The Labute approximate surface area is 243 Å². The van der Waals surface area contributed by atoms with E-state index in [1.807, 2.05) is 85.8 Å². The molecule has 0 unspecified atom stereocenters. The Morgan fingerprint density at radius 3 is 2.51 bits per heavy atom. The second-order valence-electron chi connectivity index (χ2n) is 9.96. The summed E-state index contributed by atoms with van der Waals surface area (Å²) in [7, 11) is 1.63. The molecule has 41 heavy (non-hydrogen) atoms. The minimum Gasteiger partial charge on any atom is -0.497 e. The van der Waals surface area contributed by atoms with E-state index in [9.17, 15) is 4.79 Å². The van der Waals surface area contributed by atoms with Crippen molar-refractivity contribution in [3.8, 4) is 5.75 Å². The zero-order chi connectivity index (χ0) is 28.9. The molecule has 0 aliphatic carbocycles. The molecule has 0 saturated heterocycles. The van der Waals surface area contributed by atoms with Gasteiger partial charge in [-0.15, -0.1) is 0 Å². The summed E-state index contributed by atoms with van der Waals surface area (Å²) in [5.41, 5.74) is 10.4. The average Bonchev–Trinajstić information content (AvgIpc) is 2.98. The maximum atomic E-state index is 13.4. The van der Waals surface area contributed by atoms with Gasteiger partial charge < -0.3 is 21.1 Å². The van der Waals surface area contributed by atoms with E-state index in [0.29, 0.717) is 22.7 Å². The first kappa shape index (κ1) is 27.9. The second kappa shape index (κ2) is 12.3. The van der Waals surface area contributed by atoms with Gasteiger partial charge in [0.05, 0.1) is 24.2 Å². The summed E-state index contributed by atoms with van der Waals surface area (Å²) in [6.45, 7) is 6.14. The van der Waals surface area contributed by atoms with Crippen molar-refractivity contribution in [2.45, 2.75) is 42.5 Å². The van der Waals surface area contributed by atoms with Gasteiger partial charge in [-0.25, -0.2) is 15.0 Å². The third-order valence-electron chi connectivity index (χ3n) is 6.65. The molecule has 0 aliphatic heterocycles. The van der Waals surface area contributed by atoms with Crippen LogP contribution in [0, 0.1) is 0 Å². The van der Waals surface area contributed by atoms with Gasteiger partial charge in [0, 0.05) is 26.7 Å². The van der Waals surface area contributed by atoms with Crippen molar-refractivity contribution in [3.63, 3.8) is 0 Å². The van der Waals surface area contributed by atoms with Crippen LogP contribution in [-0.2, 0) is 0 Å². The van der Waals surface area contributed by atoms with E-state index in [0.717, 1.165) is 37.9 Å². The van der Waals surface area contributed by atoms with Crippen molar-refractivity contribution >= 4 is 45.9 Å². The Bertz CT molecular complexity index is 1690. The van der Waals surface area contributed by atoms with E-state index >= 15 is 0 Å². The minimum absolute atomic E-state index is 0.191. The molecule has 0 bridgehead atoms. The predicted molar refractivity (Wildman–Crippen MR) is 165 cm³/mol. The van der Waals surface area contributed by atoms with E-state index in [-0.39, 0.29) is 17.9 Å². The number of amides is 1. The summed E-state index contributed by atoms with van der Waals surface area (Å²) < 4.78 is 5.34. The molecule has 208 valence electrons. The number of carbonyl (C=O) groups excluding carboxylic acids is 1. The van der Waals surface area contributed by atoms with Crippen LogP contribution >= 0.6 is 11.8 Å². The number of nitrogens with one attached hydrogen (secondary N) is 2. The van der Waals surface area contributed by atoms with Gasteiger partial charge in [0.15, 0.2) is 5.65 Å². The normalized spacial score (nSPS) is 11.8. The fraction of sp³-hybridized carbons (Fsp3) is 0.188. The van der Waals surface area contributed by atoms with Crippen molar-refractivity contribution in [2.24, 2.45) is 0 Å². The first-order valence-corrected chi connectivity index (χ1v) is 14.1. The quantitative estimate of drug-likeness (QED) is 0.162. The summed E-state index contributed by atoms with van der Waals surface area (Å²) >= 11 is 1.57. The van der Waals surface area contributed by atoms with E-state index in [1.54, 1.807) is 18.9 Å². The molecule has 2 heterocycles. The van der Waals surface area contributed by atoms with E-state index in [2.05, 4.69) is 34.4 Å². The molecule has 0 radical (unpaired) electrons. The minimum atomic E-state index is -0.218. The predicted octanol–water partition coefficient (Wildman–Crippen LogP) is 7.12. The molecule has 9 heteroatoms. The van der Waals surface area contributed by atoms with Gasteiger partial charge >= 0.3 is 0 Å². The highest BCUT2D eigenvalue weighted by Gasteiger charge is 2.16. The molecule has 5 rings (SSSR count). The number of aromatic nitrogens is 3. The van der Waals surface area contributed by atoms with E-state index < -0.39 is 0 Å². The van der Waals surface area contributed by atoms with Crippen molar-refractivity contribution in [2.75, 3.05) is 18.2 Å². The molecule has 0 spiro atoms. The zero-order valence-corrected chi connectivity index (χ0v) is 24.2. The number of ether oxygens (including phenoxy) is 1. The third kappa shape index (κ3) is 6.58. The number of methoxy groups -OCH3 is 1. The molecule has 5 aromatic rings. The molecule has 0 fully saturated rings. The standard InChI is InChI=1S/C32H32N6O2S/c1-19(2)27-14-13-26-30(37-27)34-18-35-31(26)38-28-17-22(8-15-29(28)41-25-11-9-23(33)10-12-25)32(39)36-20(3)21-6-5-7-24(16-21)40-4/h5-20H,33H2,1-4H3,(H,36,39)(H,34,35,37,38)/t20-/m0/s1. The third-order valence-corrected chi connectivity index (χ3v) is 7.74. The lowest BCUT2D eigenvalue weighted by molar-refractivity contribution is 0.0940. The number of benzene rings is 3. The molecule has 0 saturated carbocycles. The molecule has 8 nitrogen and oxygen atoms in total. The highest BCUT2D eigenvalue weighted by atomic mass is 32.2. The molecule has 2 aromatic heterocycles. The summed E-state index contributed by atoms with van der Waals surface area (Å²) in [4.78, 5) is 28.9. The molecular weight excluding hydrogens is 532 g/mol. The van der Waals surface area contributed by atoms with Gasteiger partial charge in [0.2, 0.25) is 0 Å². The van der Waals surface area contributed by atoms with E-state index in [1.165, 1.54) is 6.33 Å². The number of hydrogen-bond donors (Lipinski definition) is 3. The lowest BCUT2D eigenvalue weighted by Gasteiger charge is -2.17. The maximum absolute atomic E-state index is 13.4. The molecule has 4 N–H and O–H groups in total. The summed E-state index contributed by atoms with van der Waals surface area (Å²) in [6.07, 6.45) is 1.50. The van der Waals surface area contributed by atoms with Crippen molar-refractivity contribution in [1.82, 2.24) is 20.3 Å². The fourth-order valence-corrected chi connectivity index (χ4v) is 5.18. The topological polar surface area (TPSA) is 115 Å². The number of anilines is 3. The van der Waals surface area contributed by atoms with Crippen LogP contribution in [0.25, 0.3) is 11.0 Å². The monoisotopic (exact) mass is 564 g/mol. The Balaban J connectivity index is 1.48. The average molecular weight is 565 g/mol. The second-order valence-corrected chi connectivity index (χ2v) is 11.1. The van der Waals surface area contributed by atoms with Crippen LogP contribution in [0.15, 0.2) is 95.0 Å². The van der Waals surface area contributed by atoms with Gasteiger partial charge in [-0.2, -0.15) is 0 Å². The Hall–Kier alpha value is -4.63. The number of pyridine rings is 1. The van der Waals surface area contributed by atoms with Gasteiger partial charge in [-0.1, -0.05) is 37.7 Å². The van der Waals surface area contributed by atoms with Gasteiger partial charge in [0.25, 0.3) is 5.91 Å². The fourth-order valence-electron chi connectivity index (χ4n) is 4.30. The number of hydrogen-bond acceptors (Lipinski definition) is 8. The molecular formula is C32H32N6O2S. The van der Waals surface area contributed by atoms with Gasteiger partial charge in [-0.05, 0) is 85.1 Å². The summed E-state index contributed by atoms with van der Waals surface area (Å²) in [6, 6.07) is 24.7. The molecule has 1 amide bonds. The first-order chi connectivity index (χ1) is 19.8. The lowest BCUT2D eigenvalue weighted by atomic mass is 10.1. The molecule has 1 atom stereocenters. The number of fused-ring (bicyclic) bond motifs is 1. The van der Waals surface area contributed by atoms with Gasteiger partial charge in [-0.3, -0.25) is 4.79 Å². The number of rotatable bonds is 9. The Morgan fingerprint density at radius 1 is 0.951 bits per heavy atom. The van der Waals surface area contributed by atoms with Crippen LogP contribution in [0.3, 0.4) is 0 Å². The highest BCUT2D eigenvalue weighted by Crippen LogP contribution is 2.37. The van der Waals surface area contributed by atoms with Crippen LogP contribution < -0.4 is 21.1 Å². The summed E-state index contributed by atoms with van der Waals surface area (Å²) in [5, 5.41) is 7.35. The molecule has 0 aliphatic rings. The number of nitrogens with two attached hydrogens (primary N) is 1. The van der Waals surface area contributed by atoms with Crippen LogP contribution in [0.4, 0.5) is 17.2 Å². The zero-order valence-electron chi connectivity index (χ0n) is 23.4. The van der Waals surface area contributed by atoms with Crippen LogP contribution in [0.5, 0.6) is 5.75 Å². The van der Waals surface area contributed by atoms with Crippen LogP contribution in [0.2, 0.25) is 0 Å². The van der Waals surface area contributed by atoms with Crippen molar-refractivity contribution < 1.29 is 9.53 Å². The largest absolute Gasteiger partial charge is 0.497 e. The highest BCUT2D eigenvalue weighted by molar-refractivity contribution is 7.99. The van der Waals surface area contributed by atoms with Crippen LogP contribution in [-0.4, -0.2) is 28.0 Å². The number of nitrogen functional groups attached to an aromatic ring is 1.